The molecule has 0 aliphatic heterocycles. The summed E-state index contributed by atoms with van der Waals surface area (Å²) in [6, 6.07) is 0. The largest absolute Gasteiger partial charge is 0.480 e. The zero-order chi connectivity index (χ0) is 15.7. The van der Waals surface area contributed by atoms with Crippen molar-refractivity contribution in [1.29, 1.82) is 0 Å². The molecule has 0 heterocycles. The number of hydrogen-bond donors (Lipinski definition) is 4. The number of hydrogen-bond acceptors (Lipinski definition) is 6. The standard InChI is InChI=1S/C10H16N2O8.3K.2H2O/c13-7(14)3-11(4-8(15)16)1-2-12(5-9(17)18)6-10(19)20;;;;;/h1-6H2,(H,13,14)(H,15,16)(H,17,18)(H,19,20);;;;2*1H2. The van der Waals surface area contributed by atoms with E-state index < -0.39 is 50.1 Å². The maximum atomic E-state index is 10.6. The van der Waals surface area contributed by atoms with Crippen LogP contribution in [0.3, 0.4) is 0 Å². The first-order valence-electron chi connectivity index (χ1n) is 5.52. The van der Waals surface area contributed by atoms with Gasteiger partial charge in [-0.25, -0.2) is 0 Å². The van der Waals surface area contributed by atoms with Crippen LogP contribution in [-0.2, 0) is 19.2 Å². The van der Waals surface area contributed by atoms with Gasteiger partial charge in [0, 0.05) is 167 Å². The molecule has 3 radical (unpaired) electrons. The Morgan fingerprint density at radius 2 is 0.680 bits per heavy atom. The van der Waals surface area contributed by atoms with Crippen molar-refractivity contribution >= 4 is 178 Å². The molecule has 0 amide bonds. The molecule has 0 aromatic rings. The molecule has 0 aliphatic carbocycles. The van der Waals surface area contributed by atoms with Crippen molar-refractivity contribution in [2.45, 2.75) is 0 Å². The summed E-state index contributed by atoms with van der Waals surface area (Å²) in [6.07, 6.45) is 0. The fraction of sp³-hybridized carbons (Fsp3) is 0.600. The minimum atomic E-state index is -1.23. The van der Waals surface area contributed by atoms with Crippen LogP contribution < -0.4 is 0 Å². The van der Waals surface area contributed by atoms with Crippen LogP contribution in [-0.4, -0.2) is 258 Å². The maximum absolute atomic E-state index is 10.6. The second-order valence-electron chi connectivity index (χ2n) is 4.00. The zero-order valence-corrected chi connectivity index (χ0v) is 23.9. The van der Waals surface area contributed by atoms with Gasteiger partial charge in [-0.15, -0.1) is 0 Å². The molecule has 15 heteroatoms. The Labute approximate surface area is 271 Å². The first-order valence-corrected chi connectivity index (χ1v) is 5.52. The van der Waals surface area contributed by atoms with E-state index in [2.05, 4.69) is 0 Å². The van der Waals surface area contributed by atoms with E-state index in [1.165, 1.54) is 0 Å². The Morgan fingerprint density at radius 1 is 0.520 bits per heavy atom. The topological polar surface area (TPSA) is 219 Å². The van der Waals surface area contributed by atoms with Gasteiger partial charge >= 0.3 is 23.9 Å². The van der Waals surface area contributed by atoms with Crippen molar-refractivity contribution in [3.05, 3.63) is 0 Å². The van der Waals surface area contributed by atoms with Gasteiger partial charge in [-0.05, 0) is 0 Å². The van der Waals surface area contributed by atoms with Gasteiger partial charge in [-0.2, -0.15) is 0 Å². The van der Waals surface area contributed by atoms with E-state index in [9.17, 15) is 19.2 Å². The van der Waals surface area contributed by atoms with Crippen molar-refractivity contribution in [3.63, 3.8) is 0 Å². The van der Waals surface area contributed by atoms with Crippen LogP contribution in [0.2, 0.25) is 0 Å². The third-order valence-corrected chi connectivity index (χ3v) is 2.17. The fourth-order valence-corrected chi connectivity index (χ4v) is 1.48. The van der Waals surface area contributed by atoms with Gasteiger partial charge in [0.05, 0.1) is 26.2 Å². The minimum Gasteiger partial charge on any atom is -0.480 e. The number of nitrogens with zero attached hydrogens (tertiary/aromatic N) is 2. The fourth-order valence-electron chi connectivity index (χ4n) is 1.48. The summed E-state index contributed by atoms with van der Waals surface area (Å²) in [4.78, 5) is 44.4. The molecule has 133 valence electrons. The molecule has 25 heavy (non-hydrogen) atoms. The third-order valence-electron chi connectivity index (χ3n) is 2.17. The van der Waals surface area contributed by atoms with Crippen LogP contribution >= 0.6 is 0 Å². The molecule has 12 nitrogen and oxygen atoms in total. The predicted octanol–water partition coefficient (Wildman–Crippen LogP) is -4.86. The number of rotatable bonds is 11. The predicted molar refractivity (Wildman–Crippen MR) is 87.9 cm³/mol. The molecule has 8 N–H and O–H groups in total. The van der Waals surface area contributed by atoms with Crippen molar-refractivity contribution in [3.8, 4) is 0 Å². The minimum absolute atomic E-state index is 0. The first-order chi connectivity index (χ1) is 9.20. The van der Waals surface area contributed by atoms with Gasteiger partial charge in [-0.1, -0.05) is 0 Å². The van der Waals surface area contributed by atoms with Gasteiger partial charge < -0.3 is 31.4 Å². The monoisotopic (exact) mass is 445 g/mol. The normalized spacial score (nSPS) is 8.56. The molecule has 0 aromatic heterocycles. The number of aliphatic carboxylic acids is 4. The van der Waals surface area contributed by atoms with E-state index in [-0.39, 0.29) is 178 Å². The van der Waals surface area contributed by atoms with Gasteiger partial charge in [0.25, 0.3) is 0 Å². The molecule has 0 aliphatic rings. The molecule has 0 saturated carbocycles. The van der Waals surface area contributed by atoms with Crippen LogP contribution in [0.15, 0.2) is 0 Å². The number of carboxylic acids is 4. The molecule has 0 saturated heterocycles. The average Bonchev–Trinajstić information content (AvgIpc) is 2.22. The molecule has 0 fully saturated rings. The molecule has 0 unspecified atom stereocenters. The Bertz CT molecular complexity index is 331. The molecule has 0 bridgehead atoms. The molecule has 0 rings (SSSR count). The van der Waals surface area contributed by atoms with Crippen molar-refractivity contribution in [1.82, 2.24) is 9.80 Å². The summed E-state index contributed by atoms with van der Waals surface area (Å²) in [6.45, 7) is -2.25. The summed E-state index contributed by atoms with van der Waals surface area (Å²) in [7, 11) is 0. The Balaban J connectivity index is -0.000000180. The molecule has 0 aromatic carbocycles. The van der Waals surface area contributed by atoms with E-state index in [4.69, 9.17) is 20.4 Å². The quantitative estimate of drug-likeness (QED) is 0.222. The summed E-state index contributed by atoms with van der Waals surface area (Å²) in [5.41, 5.74) is 0. The smallest absolute Gasteiger partial charge is 0.317 e. The zero-order valence-electron chi connectivity index (χ0n) is 14.6. The van der Waals surface area contributed by atoms with Crippen LogP contribution in [0.1, 0.15) is 0 Å². The van der Waals surface area contributed by atoms with E-state index in [1.54, 1.807) is 0 Å². The molecule has 0 atom stereocenters. The second kappa shape index (κ2) is 24.7. The number of carboxylic acid groups (broad SMARTS) is 4. The third kappa shape index (κ3) is 28.9. The van der Waals surface area contributed by atoms with E-state index in [0.717, 1.165) is 9.80 Å². The van der Waals surface area contributed by atoms with Crippen LogP contribution in [0.5, 0.6) is 0 Å². The van der Waals surface area contributed by atoms with Crippen molar-refractivity contribution in [2.75, 3.05) is 39.3 Å². The maximum Gasteiger partial charge on any atom is 0.317 e. The van der Waals surface area contributed by atoms with Crippen molar-refractivity contribution < 1.29 is 50.6 Å². The summed E-state index contributed by atoms with van der Waals surface area (Å²) < 4.78 is 0. The molecular weight excluding hydrogens is 425 g/mol. The Kier molecular flexibility index (Phi) is 41.3. The average molecular weight is 446 g/mol. The summed E-state index contributed by atoms with van der Waals surface area (Å²) >= 11 is 0. The summed E-state index contributed by atoms with van der Waals surface area (Å²) in [5, 5.41) is 34.5. The van der Waals surface area contributed by atoms with Crippen LogP contribution in [0.25, 0.3) is 0 Å². The van der Waals surface area contributed by atoms with E-state index in [1.807, 2.05) is 0 Å². The number of carbonyl (C=O) groups is 4. The van der Waals surface area contributed by atoms with Gasteiger partial charge in [0.2, 0.25) is 0 Å². The second-order valence-corrected chi connectivity index (χ2v) is 4.00. The SMILES string of the molecule is O.O.O=C(O)CN(CCN(CC(=O)O)CC(=O)O)CC(=O)O.[K].[K].[K]. The Morgan fingerprint density at radius 3 is 0.800 bits per heavy atom. The van der Waals surface area contributed by atoms with Crippen LogP contribution in [0.4, 0.5) is 0 Å². The summed E-state index contributed by atoms with van der Waals surface area (Å²) in [5.74, 6) is -4.91. The van der Waals surface area contributed by atoms with Crippen LogP contribution in [0, 0.1) is 0 Å². The van der Waals surface area contributed by atoms with Gasteiger partial charge in [0.15, 0.2) is 0 Å². The van der Waals surface area contributed by atoms with E-state index in [0.29, 0.717) is 0 Å². The molecule has 0 spiro atoms. The Hall–Kier alpha value is 2.63. The first kappa shape index (κ1) is 41.9. The molecular formula is C10H20K3N2O10. The van der Waals surface area contributed by atoms with Crippen molar-refractivity contribution in [2.24, 2.45) is 0 Å². The van der Waals surface area contributed by atoms with E-state index >= 15 is 0 Å². The van der Waals surface area contributed by atoms with Gasteiger partial charge in [0.1, 0.15) is 0 Å². The van der Waals surface area contributed by atoms with Gasteiger partial charge in [-0.3, -0.25) is 29.0 Å².